The highest BCUT2D eigenvalue weighted by molar-refractivity contribution is 5.04. The van der Waals surface area contributed by atoms with Crippen molar-refractivity contribution in [1.82, 2.24) is 5.32 Å². The fourth-order valence-electron chi connectivity index (χ4n) is 0.660. The van der Waals surface area contributed by atoms with Crippen LogP contribution in [0.15, 0.2) is 12.3 Å². The van der Waals surface area contributed by atoms with Crippen LogP contribution in [0.1, 0.15) is 13.8 Å². The molecular weight excluding hydrogens is 102 g/mol. The lowest BCUT2D eigenvalue weighted by molar-refractivity contribution is 0.0770. The van der Waals surface area contributed by atoms with Gasteiger partial charge in [0.25, 0.3) is 0 Å². The van der Waals surface area contributed by atoms with Gasteiger partial charge >= 0.3 is 0 Å². The summed E-state index contributed by atoms with van der Waals surface area (Å²) >= 11 is 0. The smallest absolute Gasteiger partial charge is 0.132 e. The van der Waals surface area contributed by atoms with Gasteiger partial charge in [0.05, 0.1) is 0 Å². The van der Waals surface area contributed by atoms with Crippen LogP contribution in [0, 0.1) is 5.41 Å². The number of aliphatic hydroxyl groups excluding tert-OH is 1. The van der Waals surface area contributed by atoms with Crippen LogP contribution in [-0.4, -0.2) is 11.3 Å². The van der Waals surface area contributed by atoms with Crippen LogP contribution in [0.5, 0.6) is 0 Å². The molecule has 2 nitrogen and oxygen atoms in total. The third-order valence-electron chi connectivity index (χ3n) is 1.47. The van der Waals surface area contributed by atoms with E-state index in [1.165, 1.54) is 0 Å². The van der Waals surface area contributed by atoms with Crippen molar-refractivity contribution in [2.75, 3.05) is 0 Å². The van der Waals surface area contributed by atoms with Crippen LogP contribution in [0.4, 0.5) is 0 Å². The van der Waals surface area contributed by atoms with E-state index < -0.39 is 6.23 Å². The zero-order valence-corrected chi connectivity index (χ0v) is 5.18. The summed E-state index contributed by atoms with van der Waals surface area (Å²) in [6.45, 7) is 3.96. The molecule has 0 radical (unpaired) electrons. The first-order valence-electron chi connectivity index (χ1n) is 2.75. The molecular formula is C6H11NO. The van der Waals surface area contributed by atoms with Gasteiger partial charge in [0.2, 0.25) is 0 Å². The van der Waals surface area contributed by atoms with E-state index in [2.05, 4.69) is 5.32 Å². The summed E-state index contributed by atoms with van der Waals surface area (Å²) < 4.78 is 0. The van der Waals surface area contributed by atoms with E-state index in [0.29, 0.717) is 0 Å². The third-order valence-corrected chi connectivity index (χ3v) is 1.47. The number of hydrogen-bond donors (Lipinski definition) is 2. The monoisotopic (exact) mass is 113 g/mol. The summed E-state index contributed by atoms with van der Waals surface area (Å²) in [5.74, 6) is 0. The van der Waals surface area contributed by atoms with E-state index in [-0.39, 0.29) is 5.41 Å². The van der Waals surface area contributed by atoms with Crippen molar-refractivity contribution >= 4 is 0 Å². The lowest BCUT2D eigenvalue weighted by atomic mass is 9.94. The summed E-state index contributed by atoms with van der Waals surface area (Å²) in [6.07, 6.45) is 3.34. The maximum atomic E-state index is 9.08. The van der Waals surface area contributed by atoms with Gasteiger partial charge in [0.1, 0.15) is 6.23 Å². The first-order valence-corrected chi connectivity index (χ1v) is 2.75. The molecule has 1 rings (SSSR count). The Balaban J connectivity index is 2.67. The molecule has 1 aliphatic rings. The molecule has 0 fully saturated rings. The van der Waals surface area contributed by atoms with E-state index in [1.807, 2.05) is 19.9 Å². The van der Waals surface area contributed by atoms with Gasteiger partial charge in [0, 0.05) is 5.41 Å². The Morgan fingerprint density at radius 2 is 2.25 bits per heavy atom. The SMILES string of the molecule is CC1(C)C=CNC1O. The Morgan fingerprint density at radius 3 is 2.38 bits per heavy atom. The molecule has 2 heteroatoms. The van der Waals surface area contributed by atoms with Gasteiger partial charge in [-0.15, -0.1) is 0 Å². The molecule has 8 heavy (non-hydrogen) atoms. The average Bonchev–Trinajstić information content (AvgIpc) is 1.86. The molecule has 0 aromatic rings. The molecule has 0 aliphatic carbocycles. The highest BCUT2D eigenvalue weighted by atomic mass is 16.3. The first-order chi connectivity index (χ1) is 3.63. The molecule has 0 amide bonds. The van der Waals surface area contributed by atoms with Gasteiger partial charge in [-0.05, 0) is 6.20 Å². The van der Waals surface area contributed by atoms with Crippen molar-refractivity contribution in [3.63, 3.8) is 0 Å². The predicted molar refractivity (Wildman–Crippen MR) is 32.1 cm³/mol. The van der Waals surface area contributed by atoms with E-state index >= 15 is 0 Å². The van der Waals surface area contributed by atoms with Crippen LogP contribution in [0.3, 0.4) is 0 Å². The zero-order valence-electron chi connectivity index (χ0n) is 5.18. The predicted octanol–water partition coefficient (Wildman–Crippen LogP) is 0.448. The minimum Gasteiger partial charge on any atom is -0.373 e. The molecule has 1 unspecified atom stereocenters. The van der Waals surface area contributed by atoms with Crippen molar-refractivity contribution in [3.8, 4) is 0 Å². The maximum Gasteiger partial charge on any atom is 0.132 e. The van der Waals surface area contributed by atoms with Crippen molar-refractivity contribution in [1.29, 1.82) is 0 Å². The molecule has 0 saturated heterocycles. The van der Waals surface area contributed by atoms with Crippen LogP contribution in [0.25, 0.3) is 0 Å². The fourth-order valence-corrected chi connectivity index (χ4v) is 0.660. The number of nitrogens with one attached hydrogen (secondary N) is 1. The lowest BCUT2D eigenvalue weighted by Crippen LogP contribution is -2.31. The van der Waals surface area contributed by atoms with Gasteiger partial charge in [-0.1, -0.05) is 19.9 Å². The highest BCUT2D eigenvalue weighted by Crippen LogP contribution is 2.24. The van der Waals surface area contributed by atoms with Gasteiger partial charge in [-0.25, -0.2) is 0 Å². The van der Waals surface area contributed by atoms with E-state index in [9.17, 15) is 0 Å². The Morgan fingerprint density at radius 1 is 1.62 bits per heavy atom. The number of aliphatic hydroxyl groups is 1. The Bertz CT molecular complexity index is 118. The molecule has 1 aliphatic heterocycles. The molecule has 1 heterocycles. The Hall–Kier alpha value is -0.500. The number of hydrogen-bond acceptors (Lipinski definition) is 2. The molecule has 1 atom stereocenters. The van der Waals surface area contributed by atoms with E-state index in [1.54, 1.807) is 6.20 Å². The minimum atomic E-state index is -0.400. The van der Waals surface area contributed by atoms with Crippen molar-refractivity contribution < 1.29 is 5.11 Å². The van der Waals surface area contributed by atoms with Crippen LogP contribution in [-0.2, 0) is 0 Å². The second kappa shape index (κ2) is 1.49. The van der Waals surface area contributed by atoms with Crippen LogP contribution in [0.2, 0.25) is 0 Å². The summed E-state index contributed by atoms with van der Waals surface area (Å²) in [5, 5.41) is 11.9. The van der Waals surface area contributed by atoms with Crippen molar-refractivity contribution in [2.45, 2.75) is 20.1 Å². The summed E-state index contributed by atoms with van der Waals surface area (Å²) in [4.78, 5) is 0. The largest absolute Gasteiger partial charge is 0.373 e. The zero-order chi connectivity index (χ0) is 6.20. The standard InChI is InChI=1S/C6H11NO/c1-6(2)3-4-7-5(6)8/h3-5,7-8H,1-2H3. The second-order valence-electron chi connectivity index (χ2n) is 2.72. The topological polar surface area (TPSA) is 32.3 Å². The van der Waals surface area contributed by atoms with E-state index in [4.69, 9.17) is 5.11 Å². The first kappa shape index (κ1) is 5.63. The van der Waals surface area contributed by atoms with Gasteiger partial charge < -0.3 is 10.4 Å². The number of rotatable bonds is 0. The summed E-state index contributed by atoms with van der Waals surface area (Å²) in [5.41, 5.74) is -0.0833. The molecule has 2 N–H and O–H groups in total. The highest BCUT2D eigenvalue weighted by Gasteiger charge is 2.27. The Labute approximate surface area is 49.2 Å². The normalized spacial score (nSPS) is 32.6. The van der Waals surface area contributed by atoms with Gasteiger partial charge in [-0.3, -0.25) is 0 Å². The molecule has 0 aromatic heterocycles. The molecule has 46 valence electrons. The maximum absolute atomic E-state index is 9.08. The van der Waals surface area contributed by atoms with Crippen molar-refractivity contribution in [3.05, 3.63) is 12.3 Å². The Kier molecular flexibility index (Phi) is 1.05. The average molecular weight is 113 g/mol. The minimum absolute atomic E-state index is 0.0833. The van der Waals surface area contributed by atoms with Crippen LogP contribution >= 0.6 is 0 Å². The van der Waals surface area contributed by atoms with Gasteiger partial charge in [-0.2, -0.15) is 0 Å². The van der Waals surface area contributed by atoms with Gasteiger partial charge in [0.15, 0.2) is 0 Å². The second-order valence-corrected chi connectivity index (χ2v) is 2.72. The van der Waals surface area contributed by atoms with E-state index in [0.717, 1.165) is 0 Å². The molecule has 0 bridgehead atoms. The van der Waals surface area contributed by atoms with Crippen molar-refractivity contribution in [2.24, 2.45) is 5.41 Å². The molecule has 0 aromatic carbocycles. The molecule has 0 saturated carbocycles. The molecule has 0 spiro atoms. The summed E-state index contributed by atoms with van der Waals surface area (Å²) in [7, 11) is 0. The summed E-state index contributed by atoms with van der Waals surface area (Å²) in [6, 6.07) is 0. The lowest BCUT2D eigenvalue weighted by Gasteiger charge is -2.19. The quantitative estimate of drug-likeness (QED) is 0.478. The third kappa shape index (κ3) is 0.713. The van der Waals surface area contributed by atoms with Crippen LogP contribution < -0.4 is 5.32 Å². The fraction of sp³-hybridized carbons (Fsp3) is 0.667.